The van der Waals surface area contributed by atoms with Gasteiger partial charge in [-0.05, 0) is 43.5 Å². The van der Waals surface area contributed by atoms with E-state index >= 15 is 0 Å². The maximum atomic E-state index is 10.7. The average Bonchev–Trinajstić information content (AvgIpc) is 2.37. The second-order valence-corrected chi connectivity index (χ2v) is 9.88. The fourth-order valence-corrected chi connectivity index (χ4v) is 3.41. The summed E-state index contributed by atoms with van der Waals surface area (Å²) in [5.41, 5.74) is 5.96. The van der Waals surface area contributed by atoms with E-state index in [0.717, 1.165) is 6.42 Å². The minimum absolute atomic E-state index is 0.117. The largest absolute Gasteiger partial charge is 0.394 e. The normalized spacial score (nSPS) is 16.6. The average molecular weight is 363 g/mol. The van der Waals surface area contributed by atoms with Crippen molar-refractivity contribution in [2.45, 2.75) is 58.5 Å². The number of hydrogen-bond donors (Lipinski definition) is 2. The zero-order chi connectivity index (χ0) is 17.1. The van der Waals surface area contributed by atoms with Crippen LogP contribution in [0, 0.1) is 5.41 Å². The van der Waals surface area contributed by atoms with E-state index in [1.165, 1.54) is 0 Å². The SMILES string of the molecule is C[Si](C)OC(N)(c1ccc(Cl)c(Cl)c1)[C@H](O)CCC(C)(C)C. The number of hydrogen-bond acceptors (Lipinski definition) is 3. The highest BCUT2D eigenvalue weighted by molar-refractivity contribution is 6.48. The van der Waals surface area contributed by atoms with Crippen molar-refractivity contribution in [2.75, 3.05) is 0 Å². The standard InChI is InChI=1S/C16H26Cl2NO2Si/c1-15(2,3)9-8-14(20)16(19,21-22(4)5)11-6-7-12(17)13(18)10-11/h6-7,10,14,20H,8-9,19H2,1-5H3/t14-,16?/m1/s1. The summed E-state index contributed by atoms with van der Waals surface area (Å²) in [5.74, 6) is 0. The molecule has 22 heavy (non-hydrogen) atoms. The monoisotopic (exact) mass is 362 g/mol. The van der Waals surface area contributed by atoms with Crippen molar-refractivity contribution in [3.8, 4) is 0 Å². The van der Waals surface area contributed by atoms with Gasteiger partial charge >= 0.3 is 0 Å². The van der Waals surface area contributed by atoms with Crippen molar-refractivity contribution in [1.82, 2.24) is 0 Å². The van der Waals surface area contributed by atoms with Gasteiger partial charge in [0.05, 0.1) is 16.1 Å². The molecule has 1 aromatic rings. The first-order chi connectivity index (χ1) is 9.95. The van der Waals surface area contributed by atoms with Crippen molar-refractivity contribution < 1.29 is 9.53 Å². The zero-order valence-corrected chi connectivity index (χ0v) is 16.4. The van der Waals surface area contributed by atoms with Gasteiger partial charge in [0.1, 0.15) is 0 Å². The van der Waals surface area contributed by atoms with Crippen molar-refractivity contribution in [3.63, 3.8) is 0 Å². The lowest BCUT2D eigenvalue weighted by molar-refractivity contribution is -0.0652. The lowest BCUT2D eigenvalue weighted by Crippen LogP contribution is -2.52. The summed E-state index contributed by atoms with van der Waals surface area (Å²) in [4.78, 5) is 0. The molecule has 0 amide bonds. The Bertz CT molecular complexity index is 505. The third kappa shape index (κ3) is 5.51. The Kier molecular flexibility index (Phi) is 6.93. The van der Waals surface area contributed by atoms with Gasteiger partial charge in [-0.2, -0.15) is 0 Å². The first-order valence-electron chi connectivity index (χ1n) is 7.37. The maximum Gasteiger partial charge on any atom is 0.208 e. The molecule has 1 unspecified atom stereocenters. The summed E-state index contributed by atoms with van der Waals surface area (Å²) in [6.45, 7) is 10.4. The highest BCUT2D eigenvalue weighted by Crippen LogP contribution is 2.34. The van der Waals surface area contributed by atoms with E-state index in [4.69, 9.17) is 33.4 Å². The molecule has 0 saturated heterocycles. The van der Waals surface area contributed by atoms with Crippen LogP contribution in [0.15, 0.2) is 18.2 Å². The number of nitrogens with two attached hydrogens (primary N) is 1. The van der Waals surface area contributed by atoms with Crippen LogP contribution in [-0.2, 0) is 10.2 Å². The topological polar surface area (TPSA) is 55.5 Å². The number of benzene rings is 1. The fourth-order valence-electron chi connectivity index (χ4n) is 2.18. The Balaban J connectivity index is 3.10. The summed E-state index contributed by atoms with van der Waals surface area (Å²) in [5, 5.41) is 11.5. The maximum absolute atomic E-state index is 10.7. The minimum Gasteiger partial charge on any atom is -0.394 e. The van der Waals surface area contributed by atoms with Gasteiger partial charge < -0.3 is 9.53 Å². The first kappa shape index (κ1) is 19.9. The molecule has 0 aliphatic carbocycles. The Morgan fingerprint density at radius 3 is 2.27 bits per heavy atom. The van der Waals surface area contributed by atoms with Crippen LogP contribution in [0.2, 0.25) is 23.1 Å². The molecule has 0 bridgehead atoms. The molecule has 0 aliphatic rings. The third-order valence-corrected chi connectivity index (χ3v) is 4.89. The smallest absolute Gasteiger partial charge is 0.208 e. The van der Waals surface area contributed by atoms with Gasteiger partial charge in [0.15, 0.2) is 5.72 Å². The van der Waals surface area contributed by atoms with Crippen molar-refractivity contribution in [3.05, 3.63) is 33.8 Å². The van der Waals surface area contributed by atoms with E-state index in [-0.39, 0.29) is 5.41 Å². The molecule has 0 heterocycles. The van der Waals surface area contributed by atoms with E-state index in [1.807, 2.05) is 13.1 Å². The Morgan fingerprint density at radius 1 is 1.23 bits per heavy atom. The van der Waals surface area contributed by atoms with E-state index < -0.39 is 20.9 Å². The predicted molar refractivity (Wildman–Crippen MR) is 95.6 cm³/mol. The van der Waals surface area contributed by atoms with Gasteiger partial charge in [0.25, 0.3) is 0 Å². The van der Waals surface area contributed by atoms with Crippen molar-refractivity contribution >= 4 is 32.2 Å². The van der Waals surface area contributed by atoms with E-state index in [9.17, 15) is 5.11 Å². The first-order valence-corrected chi connectivity index (χ1v) is 10.5. The third-order valence-electron chi connectivity index (χ3n) is 3.41. The lowest BCUT2D eigenvalue weighted by Gasteiger charge is -2.37. The van der Waals surface area contributed by atoms with E-state index in [0.29, 0.717) is 22.0 Å². The molecular formula is C16H26Cl2NO2Si. The fraction of sp³-hybridized carbons (Fsp3) is 0.625. The number of rotatable bonds is 6. The number of halogens is 2. The summed E-state index contributed by atoms with van der Waals surface area (Å²) < 4.78 is 5.97. The van der Waals surface area contributed by atoms with Crippen molar-refractivity contribution in [1.29, 1.82) is 0 Å². The molecule has 0 aromatic heterocycles. The summed E-state index contributed by atoms with van der Waals surface area (Å²) in [6.07, 6.45) is 0.576. The molecule has 0 spiro atoms. The quantitative estimate of drug-likeness (QED) is 0.575. The van der Waals surface area contributed by atoms with Crippen LogP contribution in [0.5, 0.6) is 0 Å². The minimum atomic E-state index is -1.27. The van der Waals surface area contributed by atoms with Gasteiger partial charge in [-0.15, -0.1) is 0 Å². The highest BCUT2D eigenvalue weighted by atomic mass is 35.5. The van der Waals surface area contributed by atoms with Crippen LogP contribution >= 0.6 is 23.2 Å². The summed E-state index contributed by atoms with van der Waals surface area (Å²) in [6, 6.07) is 5.12. The molecular weight excluding hydrogens is 337 g/mol. The zero-order valence-electron chi connectivity index (χ0n) is 13.9. The van der Waals surface area contributed by atoms with Crippen LogP contribution in [0.25, 0.3) is 0 Å². The summed E-state index contributed by atoms with van der Waals surface area (Å²) >= 11 is 12.1. The molecule has 125 valence electrons. The van der Waals surface area contributed by atoms with Gasteiger partial charge in [0.2, 0.25) is 9.04 Å². The van der Waals surface area contributed by atoms with Crippen LogP contribution in [-0.4, -0.2) is 20.3 Å². The van der Waals surface area contributed by atoms with Gasteiger partial charge in [-0.25, -0.2) is 0 Å². The van der Waals surface area contributed by atoms with Crippen LogP contribution in [0.4, 0.5) is 0 Å². The molecule has 2 atom stereocenters. The Morgan fingerprint density at radius 2 is 1.82 bits per heavy atom. The molecule has 1 rings (SSSR count). The molecule has 3 nitrogen and oxygen atoms in total. The second-order valence-electron chi connectivity index (χ2n) is 7.05. The second kappa shape index (κ2) is 7.64. The van der Waals surface area contributed by atoms with Crippen LogP contribution < -0.4 is 5.73 Å². The van der Waals surface area contributed by atoms with Gasteiger partial charge in [0, 0.05) is 5.56 Å². The molecule has 0 fully saturated rings. The van der Waals surface area contributed by atoms with E-state index in [1.54, 1.807) is 18.2 Å². The molecule has 0 aliphatic heterocycles. The highest BCUT2D eigenvalue weighted by Gasteiger charge is 2.38. The van der Waals surface area contributed by atoms with Crippen LogP contribution in [0.3, 0.4) is 0 Å². The molecule has 1 radical (unpaired) electrons. The Hall–Kier alpha value is -0.103. The molecule has 1 aromatic carbocycles. The molecule has 0 saturated carbocycles. The van der Waals surface area contributed by atoms with Gasteiger partial charge in [-0.1, -0.05) is 50.0 Å². The van der Waals surface area contributed by atoms with Crippen molar-refractivity contribution in [2.24, 2.45) is 11.1 Å². The molecule has 6 heteroatoms. The van der Waals surface area contributed by atoms with Gasteiger partial charge in [-0.3, -0.25) is 5.73 Å². The predicted octanol–water partition coefficient (Wildman–Crippen LogP) is 4.56. The lowest BCUT2D eigenvalue weighted by atomic mass is 9.86. The number of aliphatic hydroxyl groups excluding tert-OH is 1. The van der Waals surface area contributed by atoms with Crippen LogP contribution in [0.1, 0.15) is 39.2 Å². The van der Waals surface area contributed by atoms with E-state index in [2.05, 4.69) is 20.8 Å². The molecule has 3 N–H and O–H groups in total. The summed E-state index contributed by atoms with van der Waals surface area (Å²) in [7, 11) is -1.12. The number of aliphatic hydroxyl groups is 1. The Labute approximate surface area is 145 Å².